The summed E-state index contributed by atoms with van der Waals surface area (Å²) in [6, 6.07) is 2.27. The van der Waals surface area contributed by atoms with Crippen LogP contribution in [-0.4, -0.2) is 47.8 Å². The molecule has 1 aromatic rings. The van der Waals surface area contributed by atoms with Gasteiger partial charge in [-0.05, 0) is 14.0 Å². The molecule has 1 atom stereocenters. The van der Waals surface area contributed by atoms with Gasteiger partial charge in [-0.2, -0.15) is 0 Å². The molecule has 0 saturated carbocycles. The second kappa shape index (κ2) is 4.73. The summed E-state index contributed by atoms with van der Waals surface area (Å²) in [6.07, 6.45) is 0. The number of likely N-dealkylation sites (N-methyl/N-ethyl adjacent to an activating group) is 1. The Morgan fingerprint density at radius 2 is 2.06 bits per heavy atom. The van der Waals surface area contributed by atoms with Crippen LogP contribution in [0, 0.1) is 0 Å². The molecule has 1 aliphatic rings. The van der Waals surface area contributed by atoms with E-state index in [1.54, 1.807) is 6.07 Å². The van der Waals surface area contributed by atoms with Crippen LogP contribution in [0.15, 0.2) is 6.07 Å². The number of hydrogen-bond donors (Lipinski definition) is 0. The fourth-order valence-electron chi connectivity index (χ4n) is 1.83. The minimum absolute atomic E-state index is 0.381. The number of nitrogens with zero attached hydrogens (tertiary/aromatic N) is 4. The van der Waals surface area contributed by atoms with Gasteiger partial charge >= 0.3 is 0 Å². The molecule has 1 saturated heterocycles. The molecule has 4 nitrogen and oxygen atoms in total. The van der Waals surface area contributed by atoms with Crippen LogP contribution in [0.3, 0.4) is 0 Å². The molecular weight excluding hydrogens is 247 g/mol. The second-order valence-corrected chi connectivity index (χ2v) is 4.86. The zero-order valence-corrected chi connectivity index (χ0v) is 10.8. The number of hydrogen-bond acceptors (Lipinski definition) is 4. The number of halogens is 2. The van der Waals surface area contributed by atoms with Crippen molar-refractivity contribution in [2.24, 2.45) is 0 Å². The summed E-state index contributed by atoms with van der Waals surface area (Å²) in [6.45, 7) is 5.06. The quantitative estimate of drug-likeness (QED) is 0.773. The van der Waals surface area contributed by atoms with Crippen molar-refractivity contribution >= 4 is 28.9 Å². The lowest BCUT2D eigenvalue weighted by Crippen LogP contribution is -2.50. The highest BCUT2D eigenvalue weighted by atomic mass is 35.5. The van der Waals surface area contributed by atoms with E-state index >= 15 is 0 Å². The van der Waals surface area contributed by atoms with E-state index in [0.717, 1.165) is 25.3 Å². The standard InChI is InChI=1S/C10H14Cl2N4/c1-7-6-16(4-3-15(7)2)8-5-9(11)13-14-10(8)12/h5,7H,3-4,6H2,1-2H3. The lowest BCUT2D eigenvalue weighted by Gasteiger charge is -2.39. The molecule has 2 heterocycles. The van der Waals surface area contributed by atoms with Gasteiger partial charge in [0.25, 0.3) is 0 Å². The molecule has 0 aromatic carbocycles. The SMILES string of the molecule is CC1CN(c2cc(Cl)nnc2Cl)CCN1C. The van der Waals surface area contributed by atoms with Crippen molar-refractivity contribution in [2.75, 3.05) is 31.6 Å². The molecule has 0 aliphatic carbocycles. The van der Waals surface area contributed by atoms with Crippen molar-refractivity contribution < 1.29 is 0 Å². The summed E-state index contributed by atoms with van der Waals surface area (Å²) >= 11 is 11.9. The van der Waals surface area contributed by atoms with Crippen molar-refractivity contribution in [3.8, 4) is 0 Å². The van der Waals surface area contributed by atoms with Crippen molar-refractivity contribution in [3.05, 3.63) is 16.4 Å². The minimum Gasteiger partial charge on any atom is -0.366 e. The first-order chi connectivity index (χ1) is 7.58. The number of anilines is 1. The van der Waals surface area contributed by atoms with E-state index in [2.05, 4.69) is 34.0 Å². The Kier molecular flexibility index (Phi) is 3.52. The normalized spacial score (nSPS) is 22.5. The zero-order chi connectivity index (χ0) is 11.7. The van der Waals surface area contributed by atoms with Crippen molar-refractivity contribution in [3.63, 3.8) is 0 Å². The minimum atomic E-state index is 0.381. The van der Waals surface area contributed by atoms with Gasteiger partial charge in [0.1, 0.15) is 0 Å². The van der Waals surface area contributed by atoms with Gasteiger partial charge in [0.2, 0.25) is 0 Å². The van der Waals surface area contributed by atoms with Gasteiger partial charge in [-0.15, -0.1) is 10.2 Å². The van der Waals surface area contributed by atoms with Gasteiger partial charge in [-0.1, -0.05) is 23.2 Å². The van der Waals surface area contributed by atoms with E-state index in [9.17, 15) is 0 Å². The van der Waals surface area contributed by atoms with Crippen LogP contribution in [0.25, 0.3) is 0 Å². The zero-order valence-electron chi connectivity index (χ0n) is 9.32. The van der Waals surface area contributed by atoms with Crippen molar-refractivity contribution in [2.45, 2.75) is 13.0 Å². The number of piperazine rings is 1. The van der Waals surface area contributed by atoms with E-state index in [1.807, 2.05) is 0 Å². The highest BCUT2D eigenvalue weighted by Gasteiger charge is 2.23. The molecule has 0 spiro atoms. The molecule has 1 aliphatic heterocycles. The molecule has 0 N–H and O–H groups in total. The van der Waals surface area contributed by atoms with Crippen LogP contribution in [0.1, 0.15) is 6.92 Å². The molecular formula is C10H14Cl2N4. The smallest absolute Gasteiger partial charge is 0.175 e. The van der Waals surface area contributed by atoms with E-state index < -0.39 is 0 Å². The van der Waals surface area contributed by atoms with E-state index in [1.165, 1.54) is 0 Å². The fraction of sp³-hybridized carbons (Fsp3) is 0.600. The van der Waals surface area contributed by atoms with Gasteiger partial charge in [-0.3, -0.25) is 0 Å². The fourth-order valence-corrected chi connectivity index (χ4v) is 2.19. The lowest BCUT2D eigenvalue weighted by atomic mass is 10.2. The first-order valence-electron chi connectivity index (χ1n) is 5.22. The average Bonchev–Trinajstić information content (AvgIpc) is 2.26. The third-order valence-corrected chi connectivity index (χ3v) is 3.45. The monoisotopic (exact) mass is 260 g/mol. The topological polar surface area (TPSA) is 32.3 Å². The first-order valence-corrected chi connectivity index (χ1v) is 5.97. The van der Waals surface area contributed by atoms with Crippen LogP contribution >= 0.6 is 23.2 Å². The predicted octanol–water partition coefficient (Wildman–Crippen LogP) is 1.92. The average molecular weight is 261 g/mol. The molecule has 0 radical (unpaired) electrons. The highest BCUT2D eigenvalue weighted by molar-refractivity contribution is 6.33. The van der Waals surface area contributed by atoms with E-state index in [0.29, 0.717) is 16.3 Å². The first kappa shape index (κ1) is 11.9. The van der Waals surface area contributed by atoms with Gasteiger partial charge in [0.15, 0.2) is 10.3 Å². The van der Waals surface area contributed by atoms with E-state index in [4.69, 9.17) is 23.2 Å². The van der Waals surface area contributed by atoms with Gasteiger partial charge in [0, 0.05) is 31.7 Å². The molecule has 88 valence electrons. The second-order valence-electron chi connectivity index (χ2n) is 4.12. The molecule has 0 amide bonds. The molecule has 1 aromatic heterocycles. The molecule has 1 unspecified atom stereocenters. The third kappa shape index (κ3) is 2.39. The van der Waals surface area contributed by atoms with Crippen molar-refractivity contribution in [1.82, 2.24) is 15.1 Å². The summed E-state index contributed by atoms with van der Waals surface area (Å²) < 4.78 is 0. The molecule has 16 heavy (non-hydrogen) atoms. The van der Waals surface area contributed by atoms with Crippen LogP contribution in [-0.2, 0) is 0 Å². The largest absolute Gasteiger partial charge is 0.366 e. The summed E-state index contributed by atoms with van der Waals surface area (Å²) in [7, 11) is 2.13. The highest BCUT2D eigenvalue weighted by Crippen LogP contribution is 2.26. The van der Waals surface area contributed by atoms with Gasteiger partial charge in [-0.25, -0.2) is 0 Å². The number of aromatic nitrogens is 2. The van der Waals surface area contributed by atoms with Crippen LogP contribution in [0.5, 0.6) is 0 Å². The molecule has 2 rings (SSSR count). The van der Waals surface area contributed by atoms with Crippen molar-refractivity contribution in [1.29, 1.82) is 0 Å². The maximum atomic E-state index is 6.03. The Morgan fingerprint density at radius 3 is 2.75 bits per heavy atom. The Balaban J connectivity index is 2.21. The number of rotatable bonds is 1. The molecule has 6 heteroatoms. The molecule has 1 fully saturated rings. The summed E-state index contributed by atoms with van der Waals surface area (Å²) in [4.78, 5) is 4.52. The summed E-state index contributed by atoms with van der Waals surface area (Å²) in [5.74, 6) is 0. The summed E-state index contributed by atoms with van der Waals surface area (Å²) in [5.41, 5.74) is 0.876. The Hall–Kier alpha value is -0.580. The Bertz CT molecular complexity index is 385. The lowest BCUT2D eigenvalue weighted by molar-refractivity contribution is 0.234. The predicted molar refractivity (Wildman–Crippen MR) is 66.4 cm³/mol. The van der Waals surface area contributed by atoms with Crippen LogP contribution in [0.4, 0.5) is 5.69 Å². The maximum Gasteiger partial charge on any atom is 0.175 e. The Morgan fingerprint density at radius 1 is 1.31 bits per heavy atom. The van der Waals surface area contributed by atoms with Crippen LogP contribution in [0.2, 0.25) is 10.3 Å². The van der Waals surface area contributed by atoms with Crippen LogP contribution < -0.4 is 4.90 Å². The van der Waals surface area contributed by atoms with Gasteiger partial charge < -0.3 is 9.80 Å². The van der Waals surface area contributed by atoms with E-state index in [-0.39, 0.29) is 0 Å². The third-order valence-electron chi connectivity index (χ3n) is 3.00. The molecule has 0 bridgehead atoms. The maximum absolute atomic E-state index is 6.03. The van der Waals surface area contributed by atoms with Gasteiger partial charge in [0.05, 0.1) is 5.69 Å². The summed E-state index contributed by atoms with van der Waals surface area (Å²) in [5, 5.41) is 8.34. The Labute approximate surface area is 105 Å².